The maximum Gasteiger partial charge on any atom is 0.355 e. The van der Waals surface area contributed by atoms with Gasteiger partial charge in [0.05, 0.1) is 21.3 Å². The molecule has 33 heavy (non-hydrogen) atoms. The van der Waals surface area contributed by atoms with Crippen LogP contribution in [0, 0.1) is 6.92 Å². The predicted octanol–water partition coefficient (Wildman–Crippen LogP) is 5.14. The van der Waals surface area contributed by atoms with Gasteiger partial charge in [-0.3, -0.25) is 4.79 Å². The summed E-state index contributed by atoms with van der Waals surface area (Å²) in [6.07, 6.45) is 7.31. The molecule has 0 amide bonds. The molecular formula is C26H33NO6. The molecule has 2 aromatic rings. The third-order valence-electron chi connectivity index (χ3n) is 6.93. The van der Waals surface area contributed by atoms with E-state index in [9.17, 15) is 9.59 Å². The van der Waals surface area contributed by atoms with Crippen LogP contribution in [0.25, 0.3) is 0 Å². The molecule has 178 valence electrons. The number of carbonyl (C=O) groups excluding carboxylic acids is 2. The smallest absolute Gasteiger partial charge is 0.355 e. The zero-order valence-corrected chi connectivity index (χ0v) is 19.9. The average Bonchev–Trinajstić information content (AvgIpc) is 2.97. The highest BCUT2D eigenvalue weighted by Crippen LogP contribution is 2.43. The first-order valence-corrected chi connectivity index (χ1v) is 11.7. The van der Waals surface area contributed by atoms with Crippen molar-refractivity contribution >= 4 is 11.8 Å². The SMILES string of the molecule is COc1cc([C@@H]2CC(=O)c3c([nH]c(C(=O)OC4CCCCCC4)c3C)C2)cc(OC)c1OC. The summed E-state index contributed by atoms with van der Waals surface area (Å²) in [5.74, 6) is 1.23. The van der Waals surface area contributed by atoms with Crippen molar-refractivity contribution in [3.63, 3.8) is 0 Å². The summed E-state index contributed by atoms with van der Waals surface area (Å²) in [6, 6.07) is 3.78. The van der Waals surface area contributed by atoms with Crippen molar-refractivity contribution < 1.29 is 28.5 Å². The van der Waals surface area contributed by atoms with Crippen LogP contribution in [0.15, 0.2) is 12.1 Å². The lowest BCUT2D eigenvalue weighted by atomic mass is 9.81. The number of methoxy groups -OCH3 is 3. The van der Waals surface area contributed by atoms with Crippen molar-refractivity contribution in [2.24, 2.45) is 0 Å². The fraction of sp³-hybridized carbons (Fsp3) is 0.538. The van der Waals surface area contributed by atoms with Gasteiger partial charge < -0.3 is 23.9 Å². The van der Waals surface area contributed by atoms with Crippen LogP contribution in [0.1, 0.15) is 88.5 Å². The summed E-state index contributed by atoms with van der Waals surface area (Å²) in [5, 5.41) is 0. The van der Waals surface area contributed by atoms with E-state index in [0.717, 1.165) is 36.9 Å². The summed E-state index contributed by atoms with van der Waals surface area (Å²) >= 11 is 0. The topological polar surface area (TPSA) is 86.9 Å². The van der Waals surface area contributed by atoms with E-state index in [1.54, 1.807) is 21.3 Å². The lowest BCUT2D eigenvalue weighted by Crippen LogP contribution is -2.19. The summed E-state index contributed by atoms with van der Waals surface area (Å²) in [4.78, 5) is 29.3. The van der Waals surface area contributed by atoms with Crippen LogP contribution in [-0.2, 0) is 11.2 Å². The Kier molecular flexibility index (Phi) is 6.96. The highest BCUT2D eigenvalue weighted by atomic mass is 16.5. The Balaban J connectivity index is 1.59. The summed E-state index contributed by atoms with van der Waals surface area (Å²) in [7, 11) is 4.71. The van der Waals surface area contributed by atoms with Crippen LogP contribution in [0.5, 0.6) is 17.2 Å². The van der Waals surface area contributed by atoms with E-state index in [1.807, 2.05) is 19.1 Å². The Morgan fingerprint density at radius 2 is 1.58 bits per heavy atom. The van der Waals surface area contributed by atoms with Gasteiger partial charge in [0.1, 0.15) is 11.8 Å². The summed E-state index contributed by atoms with van der Waals surface area (Å²) in [5.41, 5.74) is 3.44. The molecule has 1 aromatic carbocycles. The molecule has 0 radical (unpaired) electrons. The van der Waals surface area contributed by atoms with Gasteiger partial charge >= 0.3 is 5.97 Å². The van der Waals surface area contributed by atoms with Gasteiger partial charge in [0.25, 0.3) is 0 Å². The van der Waals surface area contributed by atoms with Crippen molar-refractivity contribution in [3.05, 3.63) is 40.2 Å². The van der Waals surface area contributed by atoms with Crippen LogP contribution < -0.4 is 14.2 Å². The molecule has 0 spiro atoms. The molecule has 0 unspecified atom stereocenters. The Hall–Kier alpha value is -2.96. The van der Waals surface area contributed by atoms with E-state index in [0.29, 0.717) is 46.9 Å². The number of ether oxygens (including phenoxy) is 4. The molecular weight excluding hydrogens is 422 g/mol. The molecule has 0 bridgehead atoms. The number of H-pyrrole nitrogens is 1. The molecule has 0 saturated heterocycles. The number of ketones is 1. The highest BCUT2D eigenvalue weighted by Gasteiger charge is 2.33. The zero-order valence-electron chi connectivity index (χ0n) is 19.9. The molecule has 1 N–H and O–H groups in total. The van der Waals surface area contributed by atoms with E-state index in [-0.39, 0.29) is 23.8 Å². The number of rotatable bonds is 6. The Labute approximate surface area is 194 Å². The number of nitrogens with one attached hydrogen (secondary N) is 1. The Bertz CT molecular complexity index is 1010. The number of esters is 1. The van der Waals surface area contributed by atoms with E-state index in [2.05, 4.69) is 4.98 Å². The van der Waals surface area contributed by atoms with E-state index in [4.69, 9.17) is 18.9 Å². The quantitative estimate of drug-likeness (QED) is 0.479. The van der Waals surface area contributed by atoms with Gasteiger partial charge in [-0.25, -0.2) is 4.79 Å². The van der Waals surface area contributed by atoms with Gasteiger partial charge in [0.15, 0.2) is 17.3 Å². The first-order chi connectivity index (χ1) is 16.0. The van der Waals surface area contributed by atoms with Crippen molar-refractivity contribution in [2.45, 2.75) is 70.3 Å². The minimum absolute atomic E-state index is 0.0252. The third-order valence-corrected chi connectivity index (χ3v) is 6.93. The number of fused-ring (bicyclic) bond motifs is 1. The second-order valence-electron chi connectivity index (χ2n) is 8.98. The third kappa shape index (κ3) is 4.59. The second kappa shape index (κ2) is 9.89. The van der Waals surface area contributed by atoms with E-state index >= 15 is 0 Å². The molecule has 1 aromatic heterocycles. The average molecular weight is 456 g/mol. The van der Waals surface area contributed by atoms with Crippen molar-refractivity contribution in [3.8, 4) is 17.2 Å². The van der Waals surface area contributed by atoms with Crippen molar-refractivity contribution in [1.82, 2.24) is 4.98 Å². The molecule has 1 heterocycles. The molecule has 1 atom stereocenters. The number of carbonyl (C=O) groups is 2. The number of Topliss-reactive ketones (excluding diaryl/α,β-unsaturated/α-hetero) is 1. The highest BCUT2D eigenvalue weighted by molar-refractivity contribution is 6.03. The van der Waals surface area contributed by atoms with Crippen molar-refractivity contribution in [2.75, 3.05) is 21.3 Å². The van der Waals surface area contributed by atoms with Gasteiger partial charge in [-0.05, 0) is 68.2 Å². The maximum absolute atomic E-state index is 13.1. The van der Waals surface area contributed by atoms with Crippen LogP contribution in [0.4, 0.5) is 0 Å². The minimum Gasteiger partial charge on any atom is -0.493 e. The molecule has 2 aliphatic rings. The normalized spacial score (nSPS) is 18.9. The Morgan fingerprint density at radius 1 is 0.939 bits per heavy atom. The van der Waals surface area contributed by atoms with E-state index in [1.165, 1.54) is 12.8 Å². The number of aromatic amines is 1. The van der Waals surface area contributed by atoms with Crippen molar-refractivity contribution in [1.29, 1.82) is 0 Å². The Morgan fingerprint density at radius 3 is 2.15 bits per heavy atom. The zero-order chi connectivity index (χ0) is 23.5. The van der Waals surface area contributed by atoms with Crippen LogP contribution in [-0.4, -0.2) is 44.2 Å². The summed E-state index contributed by atoms with van der Waals surface area (Å²) < 4.78 is 22.2. The molecule has 7 heteroatoms. The van der Waals surface area contributed by atoms with Gasteiger partial charge in [0.2, 0.25) is 5.75 Å². The van der Waals surface area contributed by atoms with E-state index < -0.39 is 0 Å². The van der Waals surface area contributed by atoms with Crippen LogP contribution in [0.3, 0.4) is 0 Å². The number of aromatic nitrogens is 1. The lowest BCUT2D eigenvalue weighted by Gasteiger charge is -2.24. The van der Waals surface area contributed by atoms with Gasteiger partial charge in [-0.2, -0.15) is 0 Å². The molecule has 7 nitrogen and oxygen atoms in total. The molecule has 4 rings (SSSR count). The number of hydrogen-bond donors (Lipinski definition) is 1. The first-order valence-electron chi connectivity index (χ1n) is 11.7. The molecule has 1 fully saturated rings. The predicted molar refractivity (Wildman–Crippen MR) is 124 cm³/mol. The maximum atomic E-state index is 13.1. The minimum atomic E-state index is -0.356. The fourth-order valence-electron chi connectivity index (χ4n) is 5.18. The number of hydrogen-bond acceptors (Lipinski definition) is 6. The monoisotopic (exact) mass is 455 g/mol. The largest absolute Gasteiger partial charge is 0.493 e. The molecule has 0 aliphatic heterocycles. The molecule has 2 aliphatic carbocycles. The van der Waals surface area contributed by atoms with Gasteiger partial charge in [-0.1, -0.05) is 12.8 Å². The number of benzene rings is 1. The lowest BCUT2D eigenvalue weighted by molar-refractivity contribution is 0.0260. The van der Waals surface area contributed by atoms with Gasteiger partial charge in [0, 0.05) is 17.7 Å². The second-order valence-corrected chi connectivity index (χ2v) is 8.98. The first kappa shape index (κ1) is 23.2. The van der Waals surface area contributed by atoms with Crippen LogP contribution >= 0.6 is 0 Å². The summed E-state index contributed by atoms with van der Waals surface area (Å²) in [6.45, 7) is 1.83. The van der Waals surface area contributed by atoms with Crippen LogP contribution in [0.2, 0.25) is 0 Å². The standard InChI is InChI=1S/C26H33NO6/c1-15-23-19(27-24(15)26(29)33-18-9-7-5-6-8-10-18)11-16(12-20(23)28)17-13-21(30-2)25(32-4)22(14-17)31-3/h13-14,16,18,27H,5-12H2,1-4H3/t16-/m0/s1. The molecule has 1 saturated carbocycles. The van der Waals surface area contributed by atoms with Gasteiger partial charge in [-0.15, -0.1) is 0 Å². The fourth-order valence-corrected chi connectivity index (χ4v) is 5.18.